The van der Waals surface area contributed by atoms with Crippen molar-refractivity contribution in [2.24, 2.45) is 0 Å². The van der Waals surface area contributed by atoms with Crippen molar-refractivity contribution in [3.63, 3.8) is 0 Å². The van der Waals surface area contributed by atoms with Crippen molar-refractivity contribution in [1.82, 2.24) is 10.6 Å². The lowest BCUT2D eigenvalue weighted by Gasteiger charge is -2.08. The topological polar surface area (TPSA) is 41.1 Å². The Morgan fingerprint density at radius 1 is 0.871 bits per heavy atom. The predicted molar refractivity (Wildman–Crippen MR) is 140 cm³/mol. The summed E-state index contributed by atoms with van der Waals surface area (Å²) >= 11 is 11.3. The number of carbonyl (C=O) groups is 1. The van der Waals surface area contributed by atoms with E-state index in [9.17, 15) is 4.79 Å². The van der Waals surface area contributed by atoms with Crippen LogP contribution in [0.2, 0.25) is 5.02 Å². The number of thiocarbonyl (C=S) groups is 1. The van der Waals surface area contributed by atoms with Crippen molar-refractivity contribution in [1.29, 1.82) is 0 Å². The molecule has 0 aliphatic rings. The van der Waals surface area contributed by atoms with Gasteiger partial charge in [-0.2, -0.15) is 0 Å². The Labute approximate surface area is 200 Å². The summed E-state index contributed by atoms with van der Waals surface area (Å²) in [6.45, 7) is 3.07. The van der Waals surface area contributed by atoms with E-state index in [0.29, 0.717) is 10.1 Å². The van der Waals surface area contributed by atoms with E-state index in [2.05, 4.69) is 17.6 Å². The van der Waals surface area contributed by atoms with E-state index in [4.69, 9.17) is 23.8 Å². The molecule has 0 fully saturated rings. The Kier molecular flexibility index (Phi) is 17.2. The third kappa shape index (κ3) is 16.0. The molecule has 0 atom stereocenters. The summed E-state index contributed by atoms with van der Waals surface area (Å²) in [4.78, 5) is 11.9. The van der Waals surface area contributed by atoms with Gasteiger partial charge < -0.3 is 5.32 Å². The largest absolute Gasteiger partial charge is 0.362 e. The van der Waals surface area contributed by atoms with E-state index in [1.54, 1.807) is 12.1 Å². The second-order valence-electron chi connectivity index (χ2n) is 8.20. The standard InChI is InChI=1S/C26H41ClN2OS/c1-2-3-4-5-6-7-8-9-10-11-12-13-14-17-22-28-26(31)29-25(30)21-20-23-18-15-16-19-24(23)27/h15-16,18-21H,2-14,17,22H2,1H3,(H2,28,29,30,31)/b21-20+. The van der Waals surface area contributed by atoms with Gasteiger partial charge in [0, 0.05) is 17.6 Å². The van der Waals surface area contributed by atoms with Crippen molar-refractivity contribution in [2.75, 3.05) is 6.54 Å². The number of carbonyl (C=O) groups excluding carboxylic acids is 1. The molecule has 0 spiro atoms. The zero-order chi connectivity index (χ0) is 22.6. The van der Waals surface area contributed by atoms with Gasteiger partial charge in [-0.3, -0.25) is 10.1 Å². The lowest BCUT2D eigenvalue weighted by atomic mass is 10.0. The second-order valence-corrected chi connectivity index (χ2v) is 9.01. The number of unbranched alkanes of at least 4 members (excludes halogenated alkanes) is 13. The summed E-state index contributed by atoms with van der Waals surface area (Å²) in [5.74, 6) is -0.252. The van der Waals surface area contributed by atoms with Gasteiger partial charge in [0.05, 0.1) is 0 Å². The first-order valence-corrected chi connectivity index (χ1v) is 12.9. The van der Waals surface area contributed by atoms with Gasteiger partial charge in [-0.15, -0.1) is 0 Å². The van der Waals surface area contributed by atoms with Crippen LogP contribution in [0.1, 0.15) is 102 Å². The molecule has 2 N–H and O–H groups in total. The molecule has 0 saturated heterocycles. The van der Waals surface area contributed by atoms with Crippen molar-refractivity contribution < 1.29 is 4.79 Å². The average molecular weight is 465 g/mol. The van der Waals surface area contributed by atoms with E-state index in [-0.39, 0.29) is 5.91 Å². The van der Waals surface area contributed by atoms with Crippen LogP contribution in [0.5, 0.6) is 0 Å². The van der Waals surface area contributed by atoms with E-state index >= 15 is 0 Å². The number of hydrogen-bond donors (Lipinski definition) is 2. The minimum atomic E-state index is -0.252. The van der Waals surface area contributed by atoms with Gasteiger partial charge in [0.25, 0.3) is 0 Å². The highest BCUT2D eigenvalue weighted by Crippen LogP contribution is 2.16. The summed E-state index contributed by atoms with van der Waals surface area (Å²) in [6, 6.07) is 7.39. The maximum atomic E-state index is 11.9. The van der Waals surface area contributed by atoms with Crippen LogP contribution in [0.3, 0.4) is 0 Å². The summed E-state index contributed by atoms with van der Waals surface area (Å²) < 4.78 is 0. The number of amides is 1. The summed E-state index contributed by atoms with van der Waals surface area (Å²) in [5.41, 5.74) is 0.806. The Hall–Kier alpha value is -1.39. The molecule has 0 heterocycles. The third-order valence-electron chi connectivity index (χ3n) is 5.37. The summed E-state index contributed by atoms with van der Waals surface area (Å²) in [7, 11) is 0. The quantitative estimate of drug-likeness (QED) is 0.140. The minimum absolute atomic E-state index is 0.252. The molecule has 0 unspecified atom stereocenters. The number of benzene rings is 1. The summed E-state index contributed by atoms with van der Waals surface area (Å²) in [5, 5.41) is 6.77. The highest BCUT2D eigenvalue weighted by molar-refractivity contribution is 7.80. The fraction of sp³-hybridized carbons (Fsp3) is 0.615. The molecule has 0 bridgehead atoms. The second kappa shape index (κ2) is 19.3. The molecule has 1 aromatic carbocycles. The van der Waals surface area contributed by atoms with Crippen LogP contribution in [0.4, 0.5) is 0 Å². The van der Waals surface area contributed by atoms with Crippen LogP contribution < -0.4 is 10.6 Å². The van der Waals surface area contributed by atoms with Crippen LogP contribution >= 0.6 is 23.8 Å². The van der Waals surface area contributed by atoms with Gasteiger partial charge in [-0.25, -0.2) is 0 Å². The maximum absolute atomic E-state index is 11.9. The van der Waals surface area contributed by atoms with Crippen molar-refractivity contribution >= 4 is 40.9 Å². The van der Waals surface area contributed by atoms with Gasteiger partial charge in [-0.1, -0.05) is 120 Å². The minimum Gasteiger partial charge on any atom is -0.362 e. The molecular weight excluding hydrogens is 424 g/mol. The molecule has 0 saturated carbocycles. The van der Waals surface area contributed by atoms with E-state index < -0.39 is 0 Å². The molecule has 31 heavy (non-hydrogen) atoms. The van der Waals surface area contributed by atoms with E-state index in [1.807, 2.05) is 18.2 Å². The zero-order valence-corrected chi connectivity index (χ0v) is 20.8. The summed E-state index contributed by atoms with van der Waals surface area (Å²) in [6.07, 6.45) is 22.0. The molecule has 174 valence electrons. The Morgan fingerprint density at radius 2 is 1.39 bits per heavy atom. The first-order valence-electron chi connectivity index (χ1n) is 12.1. The highest BCUT2D eigenvalue weighted by atomic mass is 35.5. The normalized spacial score (nSPS) is 11.0. The average Bonchev–Trinajstić information content (AvgIpc) is 2.76. The molecule has 0 aliphatic heterocycles. The zero-order valence-electron chi connectivity index (χ0n) is 19.3. The molecule has 0 aromatic heterocycles. The van der Waals surface area contributed by atoms with Crippen LogP contribution in [0.25, 0.3) is 6.08 Å². The van der Waals surface area contributed by atoms with Gasteiger partial charge in [0.2, 0.25) is 5.91 Å². The van der Waals surface area contributed by atoms with Crippen LogP contribution in [-0.2, 0) is 4.79 Å². The van der Waals surface area contributed by atoms with Gasteiger partial charge in [0.15, 0.2) is 5.11 Å². The first-order chi connectivity index (χ1) is 15.1. The monoisotopic (exact) mass is 464 g/mol. The number of halogens is 1. The number of hydrogen-bond acceptors (Lipinski definition) is 2. The molecule has 0 radical (unpaired) electrons. The highest BCUT2D eigenvalue weighted by Gasteiger charge is 2.01. The lowest BCUT2D eigenvalue weighted by Crippen LogP contribution is -2.38. The third-order valence-corrected chi connectivity index (χ3v) is 5.96. The smallest absolute Gasteiger partial charge is 0.250 e. The predicted octanol–water partition coefficient (Wildman–Crippen LogP) is 7.83. The Morgan fingerprint density at radius 3 is 1.94 bits per heavy atom. The fourth-order valence-electron chi connectivity index (χ4n) is 3.49. The van der Waals surface area contributed by atoms with Crippen LogP contribution in [0, 0.1) is 0 Å². The maximum Gasteiger partial charge on any atom is 0.250 e. The molecule has 3 nitrogen and oxygen atoms in total. The number of nitrogens with one attached hydrogen (secondary N) is 2. The molecule has 1 aromatic rings. The number of rotatable bonds is 17. The van der Waals surface area contributed by atoms with Crippen LogP contribution in [-0.4, -0.2) is 17.6 Å². The SMILES string of the molecule is CCCCCCCCCCCCCCCCNC(=S)NC(=O)/C=C/c1ccccc1Cl. The fourth-order valence-corrected chi connectivity index (χ4v) is 3.90. The van der Waals surface area contributed by atoms with Crippen molar-refractivity contribution in [3.05, 3.63) is 40.9 Å². The van der Waals surface area contributed by atoms with Crippen LogP contribution in [0.15, 0.2) is 30.3 Å². The van der Waals surface area contributed by atoms with Gasteiger partial charge in [0.1, 0.15) is 0 Å². The Balaban J connectivity index is 1.91. The van der Waals surface area contributed by atoms with Crippen molar-refractivity contribution in [3.8, 4) is 0 Å². The van der Waals surface area contributed by atoms with E-state index in [1.165, 1.54) is 89.5 Å². The van der Waals surface area contributed by atoms with E-state index in [0.717, 1.165) is 18.5 Å². The molecule has 1 rings (SSSR count). The first kappa shape index (κ1) is 27.6. The van der Waals surface area contributed by atoms with Crippen molar-refractivity contribution in [2.45, 2.75) is 96.8 Å². The van der Waals surface area contributed by atoms with Gasteiger partial charge >= 0.3 is 0 Å². The Bertz CT molecular complexity index is 648. The molecule has 0 aliphatic carbocycles. The molecule has 1 amide bonds. The molecule has 5 heteroatoms. The lowest BCUT2D eigenvalue weighted by molar-refractivity contribution is -0.115. The molecular formula is C26H41ClN2OS. The van der Waals surface area contributed by atoms with Gasteiger partial charge in [-0.05, 0) is 36.3 Å².